The zero-order chi connectivity index (χ0) is 16.0. The highest BCUT2D eigenvalue weighted by molar-refractivity contribution is 4.82. The van der Waals surface area contributed by atoms with Crippen molar-refractivity contribution in [1.82, 2.24) is 4.57 Å². The Balaban J connectivity index is 1.98. The molecule has 0 bridgehead atoms. The fourth-order valence-corrected chi connectivity index (χ4v) is 3.34. The highest BCUT2D eigenvalue weighted by Gasteiger charge is 2.12. The monoisotopic (exact) mass is 307 g/mol. The lowest BCUT2D eigenvalue weighted by molar-refractivity contribution is -0.704. The predicted octanol–water partition coefficient (Wildman–Crippen LogP) is 5.67. The van der Waals surface area contributed by atoms with Crippen LogP contribution in [0.5, 0.6) is 0 Å². The van der Waals surface area contributed by atoms with Crippen LogP contribution >= 0.6 is 0 Å². The predicted molar refractivity (Wildman–Crippen MR) is 96.1 cm³/mol. The van der Waals surface area contributed by atoms with Gasteiger partial charge in [-0.05, 0) is 19.8 Å². The van der Waals surface area contributed by atoms with Crippen LogP contribution in [-0.4, -0.2) is 4.57 Å². The number of aromatic nitrogens is 2. The Morgan fingerprint density at radius 3 is 1.82 bits per heavy atom. The summed E-state index contributed by atoms with van der Waals surface area (Å²) in [6, 6.07) is 0. The Bertz CT molecular complexity index is 368. The standard InChI is InChI=1S/C20H39N2/c1-4-7-8-9-10-11-12-13-14-15-16-17-22-19-18-21(6-3)20(22)5-2/h18-19H,4-17H2,1-3H3/q+1. The molecule has 0 aliphatic carbocycles. The van der Waals surface area contributed by atoms with E-state index in [1.165, 1.54) is 83.0 Å². The van der Waals surface area contributed by atoms with Gasteiger partial charge in [0.25, 0.3) is 5.82 Å². The fraction of sp³-hybridized carbons (Fsp3) is 0.850. The summed E-state index contributed by atoms with van der Waals surface area (Å²) in [4.78, 5) is 0. The molecule has 0 aliphatic rings. The maximum Gasteiger partial charge on any atom is 0.256 e. The molecule has 1 heterocycles. The van der Waals surface area contributed by atoms with E-state index >= 15 is 0 Å². The molecule has 0 atom stereocenters. The Labute approximate surface area is 138 Å². The van der Waals surface area contributed by atoms with Crippen molar-refractivity contribution >= 4 is 0 Å². The third kappa shape index (κ3) is 7.47. The highest BCUT2D eigenvalue weighted by Crippen LogP contribution is 2.11. The van der Waals surface area contributed by atoms with Gasteiger partial charge in [0.2, 0.25) is 0 Å². The first kappa shape index (κ1) is 19.3. The van der Waals surface area contributed by atoms with Crippen LogP contribution in [-0.2, 0) is 19.5 Å². The number of hydrogen-bond donors (Lipinski definition) is 0. The molecule has 0 spiro atoms. The van der Waals surface area contributed by atoms with Gasteiger partial charge in [0.1, 0.15) is 12.4 Å². The average Bonchev–Trinajstić information content (AvgIpc) is 2.94. The molecule has 1 aromatic heterocycles. The van der Waals surface area contributed by atoms with E-state index in [0.717, 1.165) is 13.0 Å². The number of rotatable bonds is 14. The lowest BCUT2D eigenvalue weighted by Gasteiger charge is -2.03. The number of nitrogens with zero attached hydrogens (tertiary/aromatic N) is 2. The van der Waals surface area contributed by atoms with Crippen molar-refractivity contribution in [2.24, 2.45) is 0 Å². The van der Waals surface area contributed by atoms with E-state index in [9.17, 15) is 0 Å². The first-order valence-corrected chi connectivity index (χ1v) is 9.90. The molecular formula is C20H39N2+. The first-order valence-electron chi connectivity index (χ1n) is 9.90. The zero-order valence-corrected chi connectivity index (χ0v) is 15.4. The Morgan fingerprint density at radius 2 is 1.32 bits per heavy atom. The molecule has 2 nitrogen and oxygen atoms in total. The van der Waals surface area contributed by atoms with E-state index in [1.54, 1.807) is 0 Å². The van der Waals surface area contributed by atoms with Crippen molar-refractivity contribution in [3.05, 3.63) is 18.2 Å². The minimum Gasteiger partial charge on any atom is -0.235 e. The maximum atomic E-state index is 2.46. The van der Waals surface area contributed by atoms with E-state index < -0.39 is 0 Å². The van der Waals surface area contributed by atoms with Crippen LogP contribution in [0.15, 0.2) is 12.4 Å². The minimum atomic E-state index is 1.09. The van der Waals surface area contributed by atoms with Crippen molar-refractivity contribution in [3.8, 4) is 0 Å². The lowest BCUT2D eigenvalue weighted by Crippen LogP contribution is -2.37. The van der Waals surface area contributed by atoms with E-state index in [-0.39, 0.29) is 0 Å². The molecule has 0 amide bonds. The van der Waals surface area contributed by atoms with Crippen molar-refractivity contribution < 1.29 is 4.57 Å². The van der Waals surface area contributed by atoms with Crippen molar-refractivity contribution in [2.45, 2.75) is 111 Å². The van der Waals surface area contributed by atoms with Crippen LogP contribution in [0.1, 0.15) is 97.2 Å². The van der Waals surface area contributed by atoms with Gasteiger partial charge in [-0.3, -0.25) is 0 Å². The van der Waals surface area contributed by atoms with E-state index in [2.05, 4.69) is 42.3 Å². The third-order valence-corrected chi connectivity index (χ3v) is 4.75. The first-order chi connectivity index (χ1) is 10.8. The summed E-state index contributed by atoms with van der Waals surface area (Å²) in [5.41, 5.74) is 0. The van der Waals surface area contributed by atoms with Crippen LogP contribution in [0.2, 0.25) is 0 Å². The molecule has 128 valence electrons. The number of hydrogen-bond acceptors (Lipinski definition) is 0. The number of imidazole rings is 1. The fourth-order valence-electron chi connectivity index (χ4n) is 3.34. The van der Waals surface area contributed by atoms with Gasteiger partial charge in [0, 0.05) is 6.42 Å². The maximum absolute atomic E-state index is 2.46. The molecule has 0 radical (unpaired) electrons. The van der Waals surface area contributed by atoms with E-state index in [0.29, 0.717) is 0 Å². The molecule has 0 unspecified atom stereocenters. The lowest BCUT2D eigenvalue weighted by atomic mass is 10.1. The minimum absolute atomic E-state index is 1.09. The van der Waals surface area contributed by atoms with Crippen LogP contribution in [0.4, 0.5) is 0 Å². The molecule has 1 rings (SSSR count). The molecule has 0 N–H and O–H groups in total. The van der Waals surface area contributed by atoms with Crippen LogP contribution in [0, 0.1) is 0 Å². The molecule has 22 heavy (non-hydrogen) atoms. The Kier molecular flexibility index (Phi) is 11.1. The molecular weight excluding hydrogens is 268 g/mol. The molecule has 0 aliphatic heterocycles. The molecule has 0 saturated heterocycles. The van der Waals surface area contributed by atoms with Crippen molar-refractivity contribution in [1.29, 1.82) is 0 Å². The van der Waals surface area contributed by atoms with Crippen LogP contribution in [0.3, 0.4) is 0 Å². The summed E-state index contributed by atoms with van der Waals surface area (Å²) in [6.45, 7) is 9.07. The smallest absolute Gasteiger partial charge is 0.235 e. The second kappa shape index (κ2) is 12.7. The molecule has 0 aromatic carbocycles. The van der Waals surface area contributed by atoms with Crippen LogP contribution < -0.4 is 4.57 Å². The number of aryl methyl sites for hydroxylation is 2. The largest absolute Gasteiger partial charge is 0.256 e. The highest BCUT2D eigenvalue weighted by atomic mass is 15.1. The van der Waals surface area contributed by atoms with Gasteiger partial charge in [-0.15, -0.1) is 0 Å². The molecule has 2 heteroatoms. The van der Waals surface area contributed by atoms with Gasteiger partial charge in [-0.1, -0.05) is 71.6 Å². The summed E-state index contributed by atoms with van der Waals surface area (Å²) in [7, 11) is 0. The summed E-state index contributed by atoms with van der Waals surface area (Å²) in [5.74, 6) is 1.48. The molecule has 0 saturated carbocycles. The normalized spacial score (nSPS) is 11.2. The van der Waals surface area contributed by atoms with E-state index in [4.69, 9.17) is 0 Å². The topological polar surface area (TPSA) is 8.81 Å². The van der Waals surface area contributed by atoms with Gasteiger partial charge in [-0.25, -0.2) is 9.13 Å². The molecule has 0 fully saturated rings. The van der Waals surface area contributed by atoms with Gasteiger partial charge in [-0.2, -0.15) is 0 Å². The van der Waals surface area contributed by atoms with Crippen molar-refractivity contribution in [2.75, 3.05) is 0 Å². The van der Waals surface area contributed by atoms with Gasteiger partial charge >= 0.3 is 0 Å². The third-order valence-electron chi connectivity index (χ3n) is 4.75. The number of unbranched alkanes of at least 4 members (excludes halogenated alkanes) is 10. The summed E-state index contributed by atoms with van der Waals surface area (Å²) >= 11 is 0. The molecule has 1 aromatic rings. The summed E-state index contributed by atoms with van der Waals surface area (Å²) in [6.07, 6.45) is 21.3. The Hall–Kier alpha value is -0.790. The second-order valence-corrected chi connectivity index (χ2v) is 6.58. The summed E-state index contributed by atoms with van der Waals surface area (Å²) < 4.78 is 4.83. The SMILES string of the molecule is CCCCCCCCCCCCC[n+]1ccn(CC)c1CC. The Morgan fingerprint density at radius 1 is 0.773 bits per heavy atom. The van der Waals surface area contributed by atoms with Gasteiger partial charge < -0.3 is 0 Å². The van der Waals surface area contributed by atoms with Gasteiger partial charge in [0.15, 0.2) is 0 Å². The summed E-state index contributed by atoms with van der Waals surface area (Å²) in [5, 5.41) is 0. The van der Waals surface area contributed by atoms with Gasteiger partial charge in [0.05, 0.1) is 13.1 Å². The van der Waals surface area contributed by atoms with Crippen molar-refractivity contribution in [3.63, 3.8) is 0 Å². The second-order valence-electron chi connectivity index (χ2n) is 6.58. The average molecular weight is 308 g/mol. The van der Waals surface area contributed by atoms with E-state index in [1.807, 2.05) is 0 Å². The van der Waals surface area contributed by atoms with Crippen LogP contribution in [0.25, 0.3) is 0 Å². The quantitative estimate of drug-likeness (QED) is 0.309. The zero-order valence-electron chi connectivity index (χ0n) is 15.4.